The van der Waals surface area contributed by atoms with Crippen LogP contribution in [0.25, 0.3) is 0 Å². The molecule has 58 heavy (non-hydrogen) atoms. The second-order valence-corrected chi connectivity index (χ2v) is 17.9. The van der Waals surface area contributed by atoms with E-state index in [1.54, 1.807) is 6.08 Å². The molecule has 1 aromatic rings. The van der Waals surface area contributed by atoms with Gasteiger partial charge in [0, 0.05) is 42.6 Å². The summed E-state index contributed by atoms with van der Waals surface area (Å²) in [4.78, 5) is 51.4. The van der Waals surface area contributed by atoms with Gasteiger partial charge in [-0.05, 0) is 119 Å². The molecule has 10 nitrogen and oxygen atoms in total. The minimum Gasteiger partial charge on any atom is -0.427 e. The van der Waals surface area contributed by atoms with Gasteiger partial charge in [-0.2, -0.15) is 0 Å². The van der Waals surface area contributed by atoms with Crippen LogP contribution in [0.5, 0.6) is 0 Å². The molecule has 3 fully saturated rings. The normalized spacial score (nSPS) is 33.7. The SMILES string of the molecule is CCNC(=O)CCC/C=C\C[C@@H]1[C@@H](/C=C/[C@H](CCc2ccccc2)OC(=O)OCC(=O)[C@@]2(O)CCC[C@H]3[C@@H]4CCC5=CC(=O)CC[C@]5(C)C4=CC[C@@]32C)[C@H](O)C[C@@H]1O. The number of Topliss-reactive ketones (excluding diaryl/α,β-unsaturated/α-hetero) is 1. The molecule has 5 aliphatic rings. The molecule has 316 valence electrons. The summed E-state index contributed by atoms with van der Waals surface area (Å²) in [5, 5.41) is 36.9. The maximum Gasteiger partial charge on any atom is 0.509 e. The molecule has 10 heteroatoms. The van der Waals surface area contributed by atoms with Crippen molar-refractivity contribution in [3.63, 3.8) is 0 Å². The van der Waals surface area contributed by atoms with Crippen molar-refractivity contribution in [1.82, 2.24) is 5.32 Å². The lowest BCUT2D eigenvalue weighted by Gasteiger charge is -2.60. The highest BCUT2D eigenvalue weighted by molar-refractivity contribution is 5.92. The Hall–Kier alpha value is -3.86. The molecule has 0 saturated heterocycles. The van der Waals surface area contributed by atoms with Crippen LogP contribution in [-0.2, 0) is 30.3 Å². The molecule has 1 amide bonds. The van der Waals surface area contributed by atoms with Crippen LogP contribution in [-0.4, -0.2) is 76.0 Å². The van der Waals surface area contributed by atoms with E-state index in [-0.39, 0.29) is 47.2 Å². The van der Waals surface area contributed by atoms with Crippen molar-refractivity contribution in [2.45, 2.75) is 141 Å². The van der Waals surface area contributed by atoms with E-state index in [4.69, 9.17) is 9.47 Å². The Balaban J connectivity index is 1.09. The summed E-state index contributed by atoms with van der Waals surface area (Å²) in [6, 6.07) is 9.81. The number of unbranched alkanes of at least 4 members (excludes halogenated alkanes) is 1. The lowest BCUT2D eigenvalue weighted by molar-refractivity contribution is -0.178. The predicted molar refractivity (Wildman–Crippen MR) is 221 cm³/mol. The van der Waals surface area contributed by atoms with E-state index in [0.717, 1.165) is 44.1 Å². The van der Waals surface area contributed by atoms with Gasteiger partial charge in [0.25, 0.3) is 0 Å². The van der Waals surface area contributed by atoms with Gasteiger partial charge in [-0.1, -0.05) is 79.6 Å². The number of aliphatic hydroxyl groups is 3. The van der Waals surface area contributed by atoms with E-state index >= 15 is 0 Å². The predicted octanol–water partition coefficient (Wildman–Crippen LogP) is 7.45. The first-order chi connectivity index (χ1) is 27.8. The van der Waals surface area contributed by atoms with Crippen LogP contribution in [0.4, 0.5) is 4.79 Å². The molecule has 4 N–H and O–H groups in total. The number of benzene rings is 1. The summed E-state index contributed by atoms with van der Waals surface area (Å²) >= 11 is 0. The van der Waals surface area contributed by atoms with Crippen LogP contribution >= 0.6 is 0 Å². The van der Waals surface area contributed by atoms with Crippen LogP contribution in [0.3, 0.4) is 0 Å². The molecular formula is C48H65NO9. The van der Waals surface area contributed by atoms with E-state index in [1.807, 2.05) is 68.5 Å². The van der Waals surface area contributed by atoms with Gasteiger partial charge >= 0.3 is 6.16 Å². The highest BCUT2D eigenvalue weighted by Gasteiger charge is 2.62. The number of nitrogens with one attached hydrogen (secondary N) is 1. The van der Waals surface area contributed by atoms with E-state index in [0.29, 0.717) is 57.9 Å². The third kappa shape index (κ3) is 9.45. The van der Waals surface area contributed by atoms with Gasteiger partial charge in [0.05, 0.1) is 12.2 Å². The topological polar surface area (TPSA) is 159 Å². The Morgan fingerprint density at radius 1 is 1.03 bits per heavy atom. The Kier molecular flexibility index (Phi) is 14.3. The number of carbonyl (C=O) groups is 4. The smallest absolute Gasteiger partial charge is 0.427 e. The van der Waals surface area contributed by atoms with Crippen LogP contribution in [0.2, 0.25) is 0 Å². The molecule has 0 unspecified atom stereocenters. The molecule has 5 aliphatic carbocycles. The van der Waals surface area contributed by atoms with Crippen molar-refractivity contribution in [3.8, 4) is 0 Å². The van der Waals surface area contributed by atoms with E-state index in [2.05, 4.69) is 18.3 Å². The van der Waals surface area contributed by atoms with Crippen molar-refractivity contribution in [1.29, 1.82) is 0 Å². The summed E-state index contributed by atoms with van der Waals surface area (Å²) in [7, 11) is 0. The fourth-order valence-corrected chi connectivity index (χ4v) is 11.1. The molecular weight excluding hydrogens is 735 g/mol. The third-order valence-corrected chi connectivity index (χ3v) is 14.5. The number of aryl methyl sites for hydroxylation is 1. The van der Waals surface area contributed by atoms with Gasteiger partial charge in [0.2, 0.25) is 11.7 Å². The molecule has 0 bridgehead atoms. The number of amides is 1. The Morgan fingerprint density at radius 3 is 2.60 bits per heavy atom. The summed E-state index contributed by atoms with van der Waals surface area (Å²) in [5.41, 5.74) is 1.08. The Bertz CT molecular complexity index is 1770. The zero-order valence-electron chi connectivity index (χ0n) is 34.7. The zero-order valence-corrected chi connectivity index (χ0v) is 34.7. The lowest BCUT2D eigenvalue weighted by Crippen LogP contribution is -2.62. The number of hydrogen-bond acceptors (Lipinski definition) is 9. The summed E-state index contributed by atoms with van der Waals surface area (Å²) in [5.74, 6) is -0.580. The number of aliphatic hydroxyl groups excluding tert-OH is 2. The Morgan fingerprint density at radius 2 is 1.83 bits per heavy atom. The van der Waals surface area contributed by atoms with Crippen LogP contribution in [0.15, 0.2) is 77.9 Å². The van der Waals surface area contributed by atoms with Gasteiger partial charge < -0.3 is 30.1 Å². The molecule has 6 rings (SSSR count). The molecule has 0 aliphatic heterocycles. The first kappa shape index (κ1) is 43.7. The van der Waals surface area contributed by atoms with E-state index in [9.17, 15) is 34.5 Å². The average molecular weight is 800 g/mol. The number of carbonyl (C=O) groups excluding carboxylic acids is 4. The van der Waals surface area contributed by atoms with Crippen molar-refractivity contribution >= 4 is 23.6 Å². The molecule has 0 heterocycles. The minimum atomic E-state index is -1.67. The van der Waals surface area contributed by atoms with Gasteiger partial charge in [0.15, 0.2) is 12.4 Å². The van der Waals surface area contributed by atoms with Gasteiger partial charge in [-0.25, -0.2) is 4.79 Å². The van der Waals surface area contributed by atoms with Gasteiger partial charge in [-0.15, -0.1) is 0 Å². The average Bonchev–Trinajstić information content (AvgIpc) is 3.47. The zero-order chi connectivity index (χ0) is 41.5. The summed E-state index contributed by atoms with van der Waals surface area (Å²) in [6.07, 6.45) is 17.7. The fourth-order valence-electron chi connectivity index (χ4n) is 11.1. The lowest BCUT2D eigenvalue weighted by atomic mass is 9.45. The van der Waals surface area contributed by atoms with Crippen LogP contribution in [0.1, 0.15) is 116 Å². The second-order valence-electron chi connectivity index (χ2n) is 17.9. The number of fused-ring (bicyclic) bond motifs is 5. The fraction of sp³-hybridized carbons (Fsp3) is 0.625. The molecule has 3 saturated carbocycles. The third-order valence-electron chi connectivity index (χ3n) is 14.5. The first-order valence-corrected chi connectivity index (χ1v) is 21.8. The highest BCUT2D eigenvalue weighted by Crippen LogP contribution is 2.64. The van der Waals surface area contributed by atoms with Crippen LogP contribution in [0, 0.1) is 34.5 Å². The van der Waals surface area contributed by atoms with Crippen molar-refractivity contribution in [2.24, 2.45) is 34.5 Å². The molecule has 0 spiro atoms. The van der Waals surface area contributed by atoms with Gasteiger partial charge in [0.1, 0.15) is 11.7 Å². The molecule has 1 aromatic carbocycles. The number of ether oxygens (including phenoxy) is 2. The maximum absolute atomic E-state index is 14.0. The number of hydrogen-bond donors (Lipinski definition) is 4. The first-order valence-electron chi connectivity index (χ1n) is 21.8. The van der Waals surface area contributed by atoms with Gasteiger partial charge in [-0.3, -0.25) is 14.4 Å². The molecule has 0 aromatic heterocycles. The highest BCUT2D eigenvalue weighted by atomic mass is 16.7. The quantitative estimate of drug-likeness (QED) is 0.0757. The van der Waals surface area contributed by atoms with Crippen molar-refractivity contribution < 1.29 is 44.0 Å². The van der Waals surface area contributed by atoms with E-state index < -0.39 is 47.9 Å². The Labute approximate surface area is 344 Å². The number of ketones is 2. The van der Waals surface area contributed by atoms with Crippen molar-refractivity contribution in [3.05, 3.63) is 83.5 Å². The largest absolute Gasteiger partial charge is 0.509 e. The number of allylic oxidation sites excluding steroid dienone is 6. The minimum absolute atomic E-state index is 0.0327. The van der Waals surface area contributed by atoms with Crippen molar-refractivity contribution in [2.75, 3.05) is 13.2 Å². The molecule has 10 atom stereocenters. The molecule has 0 radical (unpaired) electrons. The standard InChI is InChI=1S/C48H65NO9/c1-4-49-44(54)17-11-6-5-10-15-36-37(42(52)30-41(36)51)23-21-35(20-18-32-13-8-7-9-14-32)58-45(55)57-31-43(53)48(56)26-12-16-40-38-22-19-33-29-34(50)24-27-46(33,2)39(38)25-28-47(40,48)3/h5,7-10,13-14,21,23,25,29,35-38,40-42,51-52,56H,4,6,11-12,15-20,22,24,26-28,30-31H2,1-3H3,(H,49,54)/b10-5-,23-21+/t35-,36+,37+,38+,40-,41-,42+,46-,47-,48-/m0/s1. The number of rotatable bonds is 16. The maximum atomic E-state index is 14.0. The summed E-state index contributed by atoms with van der Waals surface area (Å²) in [6.45, 7) is 6.17. The van der Waals surface area contributed by atoms with Crippen LogP contribution < -0.4 is 5.32 Å². The monoisotopic (exact) mass is 799 g/mol. The van der Waals surface area contributed by atoms with E-state index in [1.165, 1.54) is 11.1 Å². The summed E-state index contributed by atoms with van der Waals surface area (Å²) < 4.78 is 11.3. The second kappa shape index (κ2) is 19.0.